The van der Waals surface area contributed by atoms with Crippen LogP contribution in [0.1, 0.15) is 65.0 Å². The zero-order valence-electron chi connectivity index (χ0n) is 18.0. The summed E-state index contributed by atoms with van der Waals surface area (Å²) in [4.78, 5) is 35.6. The molecule has 30 heavy (non-hydrogen) atoms. The second-order valence-corrected chi connectivity index (χ2v) is 8.78. The number of rotatable bonds is 12. The topological polar surface area (TPSA) is 99.1 Å². The van der Waals surface area contributed by atoms with Crippen molar-refractivity contribution in [3.05, 3.63) is 34.3 Å². The Morgan fingerprint density at radius 2 is 1.70 bits per heavy atom. The molecule has 8 heteroatoms. The van der Waals surface area contributed by atoms with Crippen molar-refractivity contribution in [2.75, 3.05) is 13.2 Å². The van der Waals surface area contributed by atoms with Crippen molar-refractivity contribution in [2.45, 2.75) is 71.2 Å². The highest BCUT2D eigenvalue weighted by Crippen LogP contribution is 2.25. The van der Waals surface area contributed by atoms with Gasteiger partial charge in [0.25, 0.3) is 0 Å². The maximum Gasteiger partial charge on any atom is 0.313 e. The maximum absolute atomic E-state index is 12.3. The first-order valence-electron chi connectivity index (χ1n) is 9.94. The summed E-state index contributed by atoms with van der Waals surface area (Å²) in [5.41, 5.74) is 0.163. The van der Waals surface area contributed by atoms with E-state index in [2.05, 4.69) is 15.9 Å². The van der Waals surface area contributed by atoms with E-state index in [0.29, 0.717) is 0 Å². The van der Waals surface area contributed by atoms with Crippen LogP contribution in [0.5, 0.6) is 0 Å². The van der Waals surface area contributed by atoms with Crippen molar-refractivity contribution in [1.29, 1.82) is 0 Å². The average Bonchev–Trinajstić information content (AvgIpc) is 2.59. The van der Waals surface area contributed by atoms with Crippen LogP contribution in [0.3, 0.4) is 0 Å². The largest absolute Gasteiger partial charge is 0.466 e. The molecule has 0 unspecified atom stereocenters. The molecule has 0 bridgehead atoms. The molecule has 0 spiro atoms. The van der Waals surface area contributed by atoms with Crippen LogP contribution in [0, 0.1) is 0 Å². The highest BCUT2D eigenvalue weighted by atomic mass is 79.9. The molecule has 2 atom stereocenters. The first kappa shape index (κ1) is 26.3. The van der Waals surface area contributed by atoms with Gasteiger partial charge in [-0.3, -0.25) is 14.4 Å². The van der Waals surface area contributed by atoms with Crippen LogP contribution in [0.15, 0.2) is 28.7 Å². The number of aliphatic hydroxyl groups is 1. The lowest BCUT2D eigenvalue weighted by molar-refractivity contribution is -0.157. The minimum Gasteiger partial charge on any atom is -0.466 e. The number of ether oxygens (including phenoxy) is 3. The quantitative estimate of drug-likeness (QED) is 0.353. The summed E-state index contributed by atoms with van der Waals surface area (Å²) in [6.45, 7) is 7.31. The SMILES string of the molecule is CCOC(=O)CC(=O)C[C@H](OCC[C@@H](O)CC(=O)OC(C)(C)C)c1ccc(Br)cc1. The molecule has 0 aliphatic rings. The molecule has 1 aromatic rings. The summed E-state index contributed by atoms with van der Waals surface area (Å²) < 4.78 is 16.7. The van der Waals surface area contributed by atoms with Gasteiger partial charge in [0, 0.05) is 17.5 Å². The van der Waals surface area contributed by atoms with E-state index in [9.17, 15) is 19.5 Å². The third kappa shape index (κ3) is 11.4. The highest BCUT2D eigenvalue weighted by Gasteiger charge is 2.22. The molecule has 0 saturated carbocycles. The van der Waals surface area contributed by atoms with E-state index in [-0.39, 0.29) is 44.7 Å². The van der Waals surface area contributed by atoms with Gasteiger partial charge in [-0.2, -0.15) is 0 Å². The number of hydrogen-bond acceptors (Lipinski definition) is 7. The molecule has 0 aliphatic carbocycles. The van der Waals surface area contributed by atoms with Gasteiger partial charge in [0.2, 0.25) is 0 Å². The number of Topliss-reactive ketones (excluding diaryl/α,β-unsaturated/α-hetero) is 1. The molecular formula is C22H31BrO7. The lowest BCUT2D eigenvalue weighted by atomic mass is 10.0. The summed E-state index contributed by atoms with van der Waals surface area (Å²) in [6.07, 6.45) is -1.73. The number of benzene rings is 1. The van der Waals surface area contributed by atoms with Gasteiger partial charge >= 0.3 is 11.9 Å². The standard InChI is InChI=1S/C22H31BrO7/c1-5-28-20(26)14-18(25)12-19(15-6-8-16(23)9-7-15)29-11-10-17(24)13-21(27)30-22(2,3)4/h6-9,17,19,24H,5,10-14H2,1-4H3/t17-,19+/m1/s1. The number of esters is 2. The van der Waals surface area contributed by atoms with Gasteiger partial charge in [-0.05, 0) is 51.8 Å². The van der Waals surface area contributed by atoms with E-state index in [1.54, 1.807) is 27.7 Å². The summed E-state index contributed by atoms with van der Waals surface area (Å²) in [6, 6.07) is 7.31. The van der Waals surface area contributed by atoms with E-state index in [0.717, 1.165) is 10.0 Å². The second kappa shape index (κ2) is 12.8. The van der Waals surface area contributed by atoms with Crippen LogP contribution in [-0.2, 0) is 28.6 Å². The van der Waals surface area contributed by atoms with Crippen LogP contribution < -0.4 is 0 Å². The minimum absolute atomic E-state index is 0.00259. The van der Waals surface area contributed by atoms with Crippen LogP contribution in [0.25, 0.3) is 0 Å². The molecule has 7 nitrogen and oxygen atoms in total. The molecule has 0 amide bonds. The molecule has 1 rings (SSSR count). The second-order valence-electron chi connectivity index (χ2n) is 7.87. The third-order valence-corrected chi connectivity index (χ3v) is 4.42. The Balaban J connectivity index is 2.63. The Morgan fingerprint density at radius 1 is 1.07 bits per heavy atom. The van der Waals surface area contributed by atoms with Gasteiger partial charge < -0.3 is 19.3 Å². The van der Waals surface area contributed by atoms with Gasteiger partial charge in [0.1, 0.15) is 17.8 Å². The zero-order chi connectivity index (χ0) is 22.7. The molecule has 0 radical (unpaired) electrons. The molecule has 0 aromatic heterocycles. The Hall–Kier alpha value is -1.77. The lowest BCUT2D eigenvalue weighted by Crippen LogP contribution is -2.27. The van der Waals surface area contributed by atoms with Crippen molar-refractivity contribution >= 4 is 33.7 Å². The number of carbonyl (C=O) groups excluding carboxylic acids is 3. The molecule has 1 aromatic carbocycles. The fraction of sp³-hybridized carbons (Fsp3) is 0.591. The maximum atomic E-state index is 12.3. The molecule has 0 aliphatic heterocycles. The monoisotopic (exact) mass is 486 g/mol. The van der Waals surface area contributed by atoms with Crippen LogP contribution in [0.2, 0.25) is 0 Å². The smallest absolute Gasteiger partial charge is 0.313 e. The predicted octanol–water partition coefficient (Wildman–Crippen LogP) is 3.90. The Bertz CT molecular complexity index is 694. The average molecular weight is 487 g/mol. The van der Waals surface area contributed by atoms with Crippen LogP contribution in [0.4, 0.5) is 0 Å². The third-order valence-electron chi connectivity index (χ3n) is 3.89. The minimum atomic E-state index is -0.916. The predicted molar refractivity (Wildman–Crippen MR) is 115 cm³/mol. The summed E-state index contributed by atoms with van der Waals surface area (Å²) in [5, 5.41) is 10.1. The van der Waals surface area contributed by atoms with Gasteiger partial charge in [-0.15, -0.1) is 0 Å². The van der Waals surface area contributed by atoms with E-state index in [1.165, 1.54) is 0 Å². The van der Waals surface area contributed by atoms with Gasteiger partial charge in [-0.25, -0.2) is 0 Å². The molecule has 168 valence electrons. The lowest BCUT2D eigenvalue weighted by Gasteiger charge is -2.21. The number of hydrogen-bond donors (Lipinski definition) is 1. The van der Waals surface area contributed by atoms with Crippen molar-refractivity contribution in [3.8, 4) is 0 Å². The Kier molecular flexibility index (Phi) is 11.2. The van der Waals surface area contributed by atoms with Gasteiger partial charge in [0.15, 0.2) is 0 Å². The molecule has 0 saturated heterocycles. The van der Waals surface area contributed by atoms with Crippen molar-refractivity contribution < 1.29 is 33.7 Å². The van der Waals surface area contributed by atoms with Gasteiger partial charge in [-0.1, -0.05) is 28.1 Å². The van der Waals surface area contributed by atoms with Crippen molar-refractivity contribution in [3.63, 3.8) is 0 Å². The Labute approximate surface area is 186 Å². The van der Waals surface area contributed by atoms with E-state index >= 15 is 0 Å². The number of carbonyl (C=O) groups is 3. The summed E-state index contributed by atoms with van der Waals surface area (Å²) in [7, 11) is 0. The normalized spacial score (nSPS) is 13.4. The first-order chi connectivity index (χ1) is 14.0. The molecule has 0 heterocycles. The van der Waals surface area contributed by atoms with E-state index in [1.807, 2.05) is 24.3 Å². The highest BCUT2D eigenvalue weighted by molar-refractivity contribution is 9.10. The van der Waals surface area contributed by atoms with Crippen molar-refractivity contribution in [1.82, 2.24) is 0 Å². The van der Waals surface area contributed by atoms with Crippen LogP contribution >= 0.6 is 15.9 Å². The van der Waals surface area contributed by atoms with Crippen molar-refractivity contribution in [2.24, 2.45) is 0 Å². The Morgan fingerprint density at radius 3 is 2.27 bits per heavy atom. The van der Waals surface area contributed by atoms with Gasteiger partial charge in [0.05, 0.1) is 25.2 Å². The molecule has 0 fully saturated rings. The number of aliphatic hydroxyl groups excluding tert-OH is 1. The fourth-order valence-corrected chi connectivity index (χ4v) is 2.89. The van der Waals surface area contributed by atoms with Crippen LogP contribution in [-0.4, -0.2) is 47.7 Å². The first-order valence-corrected chi connectivity index (χ1v) is 10.7. The fourth-order valence-electron chi connectivity index (χ4n) is 2.63. The zero-order valence-corrected chi connectivity index (χ0v) is 19.6. The van der Waals surface area contributed by atoms with E-state index in [4.69, 9.17) is 14.2 Å². The number of ketones is 1. The summed E-state index contributed by atoms with van der Waals surface area (Å²) in [5.74, 6) is -1.34. The summed E-state index contributed by atoms with van der Waals surface area (Å²) >= 11 is 3.36. The molecular weight excluding hydrogens is 456 g/mol. The van der Waals surface area contributed by atoms with E-state index < -0.39 is 29.7 Å². The molecule has 1 N–H and O–H groups in total. The number of halogens is 1.